The third kappa shape index (κ3) is 3.18. The molecule has 0 bridgehead atoms. The van der Waals surface area contributed by atoms with Crippen LogP contribution in [0, 0.1) is 5.82 Å². The van der Waals surface area contributed by atoms with E-state index in [4.69, 9.17) is 11.6 Å². The van der Waals surface area contributed by atoms with Gasteiger partial charge in [0, 0.05) is 23.6 Å². The van der Waals surface area contributed by atoms with E-state index in [1.807, 2.05) is 6.92 Å². The Morgan fingerprint density at radius 1 is 1.43 bits per heavy atom. The molecule has 1 unspecified atom stereocenters. The van der Waals surface area contributed by atoms with E-state index in [0.29, 0.717) is 6.42 Å². The highest BCUT2D eigenvalue weighted by Crippen LogP contribution is 2.24. The van der Waals surface area contributed by atoms with E-state index in [-0.39, 0.29) is 41.9 Å². The van der Waals surface area contributed by atoms with Crippen molar-refractivity contribution in [1.82, 2.24) is 10.2 Å². The van der Waals surface area contributed by atoms with Crippen molar-refractivity contribution in [3.8, 4) is 0 Å². The van der Waals surface area contributed by atoms with Gasteiger partial charge in [0.15, 0.2) is 0 Å². The summed E-state index contributed by atoms with van der Waals surface area (Å²) in [6.07, 6.45) is 0.673. The number of benzene rings is 1. The summed E-state index contributed by atoms with van der Waals surface area (Å²) in [4.78, 5) is 25.9. The van der Waals surface area contributed by atoms with Crippen LogP contribution in [0.25, 0.3) is 0 Å². The standard InChI is InChI=1S/C15H18ClFN2O2/c1-3-15(2)14(21)19(8-7-13(20)18-15)9-10-11(16)5-4-6-12(10)17/h4-6H,3,7-9H2,1-2H3,(H,18,20). The van der Waals surface area contributed by atoms with Crippen molar-refractivity contribution in [1.29, 1.82) is 0 Å². The Morgan fingerprint density at radius 3 is 2.76 bits per heavy atom. The van der Waals surface area contributed by atoms with Crippen molar-refractivity contribution >= 4 is 23.4 Å². The Balaban J connectivity index is 2.30. The summed E-state index contributed by atoms with van der Waals surface area (Å²) in [7, 11) is 0. The van der Waals surface area contributed by atoms with Gasteiger partial charge in [-0.05, 0) is 25.5 Å². The van der Waals surface area contributed by atoms with E-state index >= 15 is 0 Å². The molecule has 0 saturated carbocycles. The maximum absolute atomic E-state index is 13.9. The molecule has 1 heterocycles. The number of halogens is 2. The van der Waals surface area contributed by atoms with Crippen molar-refractivity contribution in [3.63, 3.8) is 0 Å². The normalized spacial score (nSPS) is 23.0. The van der Waals surface area contributed by atoms with Gasteiger partial charge in [-0.3, -0.25) is 9.59 Å². The van der Waals surface area contributed by atoms with Gasteiger partial charge in [-0.2, -0.15) is 0 Å². The fourth-order valence-electron chi connectivity index (χ4n) is 2.38. The lowest BCUT2D eigenvalue weighted by Gasteiger charge is -2.31. The third-order valence-electron chi connectivity index (χ3n) is 3.90. The number of nitrogens with zero attached hydrogens (tertiary/aromatic N) is 1. The summed E-state index contributed by atoms with van der Waals surface area (Å²) in [6, 6.07) is 4.42. The molecule has 1 atom stereocenters. The highest BCUT2D eigenvalue weighted by molar-refractivity contribution is 6.31. The largest absolute Gasteiger partial charge is 0.342 e. The Bertz CT molecular complexity index is 559. The number of carbonyl (C=O) groups is 2. The molecule has 2 amide bonds. The zero-order valence-corrected chi connectivity index (χ0v) is 12.8. The highest BCUT2D eigenvalue weighted by atomic mass is 35.5. The third-order valence-corrected chi connectivity index (χ3v) is 4.26. The minimum Gasteiger partial charge on any atom is -0.342 e. The van der Waals surface area contributed by atoms with E-state index in [2.05, 4.69) is 5.32 Å². The van der Waals surface area contributed by atoms with Gasteiger partial charge in [0.25, 0.3) is 0 Å². The van der Waals surface area contributed by atoms with Crippen LogP contribution in [0.5, 0.6) is 0 Å². The van der Waals surface area contributed by atoms with Crippen molar-refractivity contribution in [2.24, 2.45) is 0 Å². The Labute approximate surface area is 128 Å². The van der Waals surface area contributed by atoms with Gasteiger partial charge in [-0.15, -0.1) is 0 Å². The molecule has 4 nitrogen and oxygen atoms in total. The number of hydrogen-bond donors (Lipinski definition) is 1. The van der Waals surface area contributed by atoms with Crippen molar-refractivity contribution in [2.45, 2.75) is 38.8 Å². The number of hydrogen-bond acceptors (Lipinski definition) is 2. The molecule has 0 aromatic heterocycles. The summed E-state index contributed by atoms with van der Waals surface area (Å²) < 4.78 is 13.9. The van der Waals surface area contributed by atoms with Crippen LogP contribution in [0.4, 0.5) is 4.39 Å². The molecule has 6 heteroatoms. The summed E-state index contributed by atoms with van der Waals surface area (Å²) >= 11 is 6.01. The second kappa shape index (κ2) is 6.02. The second-order valence-corrected chi connectivity index (χ2v) is 5.82. The highest BCUT2D eigenvalue weighted by Gasteiger charge is 2.39. The zero-order valence-electron chi connectivity index (χ0n) is 12.1. The van der Waals surface area contributed by atoms with Crippen molar-refractivity contribution in [2.75, 3.05) is 6.54 Å². The Kier molecular flexibility index (Phi) is 4.52. The Hall–Kier alpha value is -1.62. The lowest BCUT2D eigenvalue weighted by Crippen LogP contribution is -2.54. The number of carbonyl (C=O) groups excluding carboxylic acids is 2. The van der Waals surface area contributed by atoms with Gasteiger partial charge in [-0.25, -0.2) is 4.39 Å². The number of nitrogens with one attached hydrogen (secondary N) is 1. The van der Waals surface area contributed by atoms with E-state index in [9.17, 15) is 14.0 Å². The van der Waals surface area contributed by atoms with Crippen LogP contribution in [0.2, 0.25) is 5.02 Å². The van der Waals surface area contributed by atoms with Gasteiger partial charge in [0.05, 0.1) is 6.54 Å². The fourth-order valence-corrected chi connectivity index (χ4v) is 2.60. The van der Waals surface area contributed by atoms with Crippen molar-refractivity contribution in [3.05, 3.63) is 34.6 Å². The summed E-state index contributed by atoms with van der Waals surface area (Å²) in [5.41, 5.74) is -0.675. The molecule has 1 saturated heterocycles. The molecule has 1 aromatic carbocycles. The number of rotatable bonds is 3. The second-order valence-electron chi connectivity index (χ2n) is 5.41. The average Bonchev–Trinajstić information content (AvgIpc) is 2.54. The molecule has 0 radical (unpaired) electrons. The van der Waals surface area contributed by atoms with Crippen LogP contribution < -0.4 is 5.32 Å². The van der Waals surface area contributed by atoms with Crippen LogP contribution in [-0.4, -0.2) is 28.8 Å². The van der Waals surface area contributed by atoms with Gasteiger partial charge in [-0.1, -0.05) is 24.6 Å². The van der Waals surface area contributed by atoms with Gasteiger partial charge in [0.1, 0.15) is 11.4 Å². The summed E-state index contributed by atoms with van der Waals surface area (Å²) in [5, 5.41) is 3.02. The predicted octanol–water partition coefficient (Wildman–Crippen LogP) is 2.50. The van der Waals surface area contributed by atoms with E-state index in [1.54, 1.807) is 13.0 Å². The maximum atomic E-state index is 13.9. The predicted molar refractivity (Wildman–Crippen MR) is 78.3 cm³/mol. The molecule has 1 aliphatic rings. The first-order valence-corrected chi connectivity index (χ1v) is 7.28. The first-order chi connectivity index (χ1) is 9.87. The first kappa shape index (κ1) is 15.8. The fraction of sp³-hybridized carbons (Fsp3) is 0.467. The zero-order chi connectivity index (χ0) is 15.6. The van der Waals surface area contributed by atoms with Crippen LogP contribution >= 0.6 is 11.6 Å². The molecule has 1 aliphatic heterocycles. The molecule has 1 fully saturated rings. The van der Waals surface area contributed by atoms with Crippen LogP contribution in [0.15, 0.2) is 18.2 Å². The molecular weight excluding hydrogens is 295 g/mol. The van der Waals surface area contributed by atoms with Crippen molar-refractivity contribution < 1.29 is 14.0 Å². The van der Waals surface area contributed by atoms with E-state index < -0.39 is 11.4 Å². The Morgan fingerprint density at radius 2 is 2.14 bits per heavy atom. The summed E-state index contributed by atoms with van der Waals surface area (Å²) in [6.45, 7) is 3.84. The monoisotopic (exact) mass is 312 g/mol. The molecule has 0 spiro atoms. The molecule has 21 heavy (non-hydrogen) atoms. The van der Waals surface area contributed by atoms with Gasteiger partial charge < -0.3 is 10.2 Å². The lowest BCUT2D eigenvalue weighted by molar-refractivity contribution is -0.138. The molecule has 0 aliphatic carbocycles. The smallest absolute Gasteiger partial charge is 0.248 e. The minimum absolute atomic E-state index is 0.0644. The van der Waals surface area contributed by atoms with Gasteiger partial charge >= 0.3 is 0 Å². The van der Waals surface area contributed by atoms with Gasteiger partial charge in [0.2, 0.25) is 11.8 Å². The minimum atomic E-state index is -0.953. The topological polar surface area (TPSA) is 49.4 Å². The number of amides is 2. The van der Waals surface area contributed by atoms with Crippen LogP contribution in [-0.2, 0) is 16.1 Å². The van der Waals surface area contributed by atoms with Crippen LogP contribution in [0.1, 0.15) is 32.3 Å². The van der Waals surface area contributed by atoms with E-state index in [0.717, 1.165) is 0 Å². The molecule has 1 aromatic rings. The lowest BCUT2D eigenvalue weighted by atomic mass is 9.97. The first-order valence-electron chi connectivity index (χ1n) is 6.90. The quantitative estimate of drug-likeness (QED) is 0.932. The maximum Gasteiger partial charge on any atom is 0.248 e. The van der Waals surface area contributed by atoms with E-state index in [1.165, 1.54) is 17.0 Å². The summed E-state index contributed by atoms with van der Waals surface area (Å²) in [5.74, 6) is -0.831. The molecule has 1 N–H and O–H groups in total. The SMILES string of the molecule is CCC1(C)NC(=O)CCN(Cc2c(F)cccc2Cl)C1=O. The molecule has 2 rings (SSSR count). The average molecular weight is 313 g/mol. The van der Waals surface area contributed by atoms with Crippen LogP contribution in [0.3, 0.4) is 0 Å². The molecular formula is C15H18ClFN2O2. The molecule has 114 valence electrons.